The van der Waals surface area contributed by atoms with Crippen LogP contribution in [0.15, 0.2) is 48.5 Å². The van der Waals surface area contributed by atoms with Crippen LogP contribution in [0.3, 0.4) is 0 Å². The molecule has 3 rings (SSSR count). The molecule has 1 heterocycles. The molecule has 5 nitrogen and oxygen atoms in total. The van der Waals surface area contributed by atoms with Gasteiger partial charge in [0.1, 0.15) is 18.2 Å². The molecule has 0 bridgehead atoms. The first-order chi connectivity index (χ1) is 12.1. The number of benzene rings is 2. The average Bonchev–Trinajstić information content (AvgIpc) is 3.05. The monoisotopic (exact) mass is 344 g/mol. The maximum atomic E-state index is 13.1. The molecule has 0 spiro atoms. The maximum absolute atomic E-state index is 13.1. The van der Waals surface area contributed by atoms with Gasteiger partial charge in [0, 0.05) is 13.1 Å². The second-order valence-electron chi connectivity index (χ2n) is 6.13. The van der Waals surface area contributed by atoms with Crippen molar-refractivity contribution in [1.82, 2.24) is 10.6 Å². The van der Waals surface area contributed by atoms with Gasteiger partial charge >= 0.3 is 0 Å². The Hall–Kier alpha value is -2.44. The van der Waals surface area contributed by atoms with Crippen molar-refractivity contribution in [2.24, 2.45) is 0 Å². The zero-order valence-electron chi connectivity index (χ0n) is 13.7. The normalized spacial score (nSPS) is 19.6. The van der Waals surface area contributed by atoms with Crippen molar-refractivity contribution in [3.63, 3.8) is 0 Å². The van der Waals surface area contributed by atoms with E-state index in [0.717, 1.165) is 11.1 Å². The van der Waals surface area contributed by atoms with Crippen molar-refractivity contribution < 1.29 is 19.0 Å². The van der Waals surface area contributed by atoms with E-state index in [0.29, 0.717) is 31.9 Å². The van der Waals surface area contributed by atoms with Gasteiger partial charge in [0.15, 0.2) is 0 Å². The van der Waals surface area contributed by atoms with Crippen molar-refractivity contribution in [1.29, 1.82) is 0 Å². The van der Waals surface area contributed by atoms with E-state index in [2.05, 4.69) is 10.6 Å². The third-order valence-corrected chi connectivity index (χ3v) is 4.11. The summed E-state index contributed by atoms with van der Waals surface area (Å²) in [7, 11) is 0. The fourth-order valence-electron chi connectivity index (χ4n) is 2.73. The Morgan fingerprint density at radius 2 is 2.04 bits per heavy atom. The van der Waals surface area contributed by atoms with E-state index in [1.807, 2.05) is 24.3 Å². The number of hydrogen-bond donors (Lipinski definition) is 3. The smallest absolute Gasteiger partial charge is 0.237 e. The van der Waals surface area contributed by atoms with Crippen LogP contribution in [-0.4, -0.2) is 29.7 Å². The Morgan fingerprint density at radius 1 is 1.24 bits per heavy atom. The fraction of sp³-hybridized carbons (Fsp3) is 0.316. The van der Waals surface area contributed by atoms with Crippen LogP contribution in [0.5, 0.6) is 5.75 Å². The van der Waals surface area contributed by atoms with Gasteiger partial charge in [0.2, 0.25) is 5.91 Å². The SMILES string of the molecule is O=C(NCc1ccc(OCc2cccc(F)c2)cc1)[C@H]1C[C@@H](O)CN1. The van der Waals surface area contributed by atoms with E-state index in [1.165, 1.54) is 12.1 Å². The number of halogens is 1. The first-order valence-electron chi connectivity index (χ1n) is 8.25. The maximum Gasteiger partial charge on any atom is 0.237 e. The summed E-state index contributed by atoms with van der Waals surface area (Å²) in [4.78, 5) is 12.0. The molecule has 0 radical (unpaired) electrons. The van der Waals surface area contributed by atoms with Crippen LogP contribution in [0.1, 0.15) is 17.5 Å². The first kappa shape index (κ1) is 17.4. The predicted molar refractivity (Wildman–Crippen MR) is 91.4 cm³/mol. The predicted octanol–water partition coefficient (Wildman–Crippen LogP) is 1.74. The Kier molecular flexibility index (Phi) is 5.63. The van der Waals surface area contributed by atoms with Gasteiger partial charge < -0.3 is 20.5 Å². The van der Waals surface area contributed by atoms with Gasteiger partial charge in [-0.05, 0) is 41.8 Å². The molecule has 132 valence electrons. The van der Waals surface area contributed by atoms with Crippen molar-refractivity contribution >= 4 is 5.91 Å². The standard InChI is InChI=1S/C19H21FN2O3/c20-15-3-1-2-14(8-15)12-25-17-6-4-13(5-7-17)10-22-19(24)18-9-16(23)11-21-18/h1-8,16,18,21,23H,9-12H2,(H,22,24)/t16-,18-/m1/s1. The van der Waals surface area contributed by atoms with Crippen LogP contribution >= 0.6 is 0 Å². The van der Waals surface area contributed by atoms with E-state index in [-0.39, 0.29) is 17.8 Å². The highest BCUT2D eigenvalue weighted by atomic mass is 19.1. The van der Waals surface area contributed by atoms with Gasteiger partial charge in [-0.2, -0.15) is 0 Å². The van der Waals surface area contributed by atoms with Crippen molar-refractivity contribution in [3.05, 3.63) is 65.5 Å². The lowest BCUT2D eigenvalue weighted by Crippen LogP contribution is -2.39. The molecule has 3 N–H and O–H groups in total. The van der Waals surface area contributed by atoms with Gasteiger partial charge in [-0.25, -0.2) is 4.39 Å². The molecule has 1 aliphatic heterocycles. The average molecular weight is 344 g/mol. The molecule has 1 amide bonds. The minimum absolute atomic E-state index is 0.108. The number of amides is 1. The molecular formula is C19H21FN2O3. The summed E-state index contributed by atoms with van der Waals surface area (Å²) in [5, 5.41) is 15.3. The number of rotatable bonds is 6. The van der Waals surface area contributed by atoms with Crippen LogP contribution in [0.25, 0.3) is 0 Å². The van der Waals surface area contributed by atoms with E-state index in [4.69, 9.17) is 4.74 Å². The molecule has 2 atom stereocenters. The number of aliphatic hydroxyl groups is 1. The summed E-state index contributed by atoms with van der Waals surface area (Å²) >= 11 is 0. The minimum Gasteiger partial charge on any atom is -0.489 e. The van der Waals surface area contributed by atoms with Crippen LogP contribution < -0.4 is 15.4 Å². The molecule has 0 aliphatic carbocycles. The van der Waals surface area contributed by atoms with E-state index >= 15 is 0 Å². The topological polar surface area (TPSA) is 70.6 Å². The van der Waals surface area contributed by atoms with Crippen LogP contribution in [0.2, 0.25) is 0 Å². The Bertz CT molecular complexity index is 721. The molecule has 25 heavy (non-hydrogen) atoms. The van der Waals surface area contributed by atoms with Gasteiger partial charge in [0.05, 0.1) is 12.1 Å². The Balaban J connectivity index is 1.46. The molecule has 0 aromatic heterocycles. The lowest BCUT2D eigenvalue weighted by molar-refractivity contribution is -0.123. The Labute approximate surface area is 145 Å². The highest BCUT2D eigenvalue weighted by Gasteiger charge is 2.27. The first-order valence-corrected chi connectivity index (χ1v) is 8.25. The number of ether oxygens (including phenoxy) is 1. The van der Waals surface area contributed by atoms with E-state index in [9.17, 15) is 14.3 Å². The third kappa shape index (κ3) is 5.01. The number of carbonyl (C=O) groups excluding carboxylic acids is 1. The number of carbonyl (C=O) groups is 1. The molecular weight excluding hydrogens is 323 g/mol. The molecule has 1 saturated heterocycles. The van der Waals surface area contributed by atoms with Crippen molar-refractivity contribution in [2.45, 2.75) is 31.7 Å². The minimum atomic E-state index is -0.453. The van der Waals surface area contributed by atoms with Crippen molar-refractivity contribution in [3.8, 4) is 5.75 Å². The van der Waals surface area contributed by atoms with Gasteiger partial charge in [-0.1, -0.05) is 24.3 Å². The number of nitrogens with one attached hydrogen (secondary N) is 2. The number of aliphatic hydroxyl groups excluding tert-OH is 1. The zero-order chi connectivity index (χ0) is 17.6. The van der Waals surface area contributed by atoms with Crippen LogP contribution in [0.4, 0.5) is 4.39 Å². The summed E-state index contributed by atoms with van der Waals surface area (Å²) in [6.45, 7) is 1.16. The summed E-state index contributed by atoms with van der Waals surface area (Å²) in [6.07, 6.45) is -0.0103. The summed E-state index contributed by atoms with van der Waals surface area (Å²) < 4.78 is 18.7. The van der Waals surface area contributed by atoms with Gasteiger partial charge in [0.25, 0.3) is 0 Å². The highest BCUT2D eigenvalue weighted by molar-refractivity contribution is 5.82. The van der Waals surface area contributed by atoms with Crippen LogP contribution in [-0.2, 0) is 17.9 Å². The lowest BCUT2D eigenvalue weighted by atomic mass is 10.1. The second-order valence-corrected chi connectivity index (χ2v) is 6.13. The van der Waals surface area contributed by atoms with Crippen LogP contribution in [0, 0.1) is 5.82 Å². The number of β-amino-alcohol motifs (C(OH)–C–C–N with tert-alkyl or cyclic N) is 1. The Morgan fingerprint density at radius 3 is 2.72 bits per heavy atom. The number of hydrogen-bond acceptors (Lipinski definition) is 4. The van der Waals surface area contributed by atoms with Crippen molar-refractivity contribution in [2.75, 3.05) is 6.54 Å². The molecule has 2 aromatic rings. The second kappa shape index (κ2) is 8.09. The molecule has 0 unspecified atom stereocenters. The molecule has 1 fully saturated rings. The largest absolute Gasteiger partial charge is 0.489 e. The summed E-state index contributed by atoms with van der Waals surface area (Å²) in [6, 6.07) is 13.3. The zero-order valence-corrected chi connectivity index (χ0v) is 13.7. The molecule has 0 saturated carbocycles. The molecule has 1 aliphatic rings. The highest BCUT2D eigenvalue weighted by Crippen LogP contribution is 2.15. The quantitative estimate of drug-likeness (QED) is 0.747. The summed E-state index contributed by atoms with van der Waals surface area (Å²) in [5.41, 5.74) is 1.72. The summed E-state index contributed by atoms with van der Waals surface area (Å²) in [5.74, 6) is 0.291. The molecule has 6 heteroatoms. The van der Waals surface area contributed by atoms with Gasteiger partial charge in [-0.3, -0.25) is 4.79 Å². The fourth-order valence-corrected chi connectivity index (χ4v) is 2.73. The van der Waals surface area contributed by atoms with E-state index in [1.54, 1.807) is 12.1 Å². The van der Waals surface area contributed by atoms with E-state index < -0.39 is 6.10 Å². The molecule has 2 aromatic carbocycles. The lowest BCUT2D eigenvalue weighted by Gasteiger charge is -2.11. The van der Waals surface area contributed by atoms with Gasteiger partial charge in [-0.15, -0.1) is 0 Å². The third-order valence-electron chi connectivity index (χ3n) is 4.11.